The fourth-order valence-electron chi connectivity index (χ4n) is 8.57. The quantitative estimate of drug-likeness (QED) is 0.140. The van der Waals surface area contributed by atoms with Crippen LogP contribution in [-0.4, -0.2) is 57.7 Å². The lowest BCUT2D eigenvalue weighted by Crippen LogP contribution is -2.46. The molecule has 5 aromatic rings. The third kappa shape index (κ3) is 4.79. The van der Waals surface area contributed by atoms with Crippen LogP contribution in [0, 0.1) is 5.92 Å². The Kier molecular flexibility index (Phi) is 7.64. The van der Waals surface area contributed by atoms with E-state index in [-0.39, 0.29) is 29.8 Å². The van der Waals surface area contributed by atoms with E-state index in [1.165, 1.54) is 0 Å². The highest BCUT2D eigenvalue weighted by molar-refractivity contribution is 6.71. The largest absolute Gasteiger partial charge is 0.432 e. The Labute approximate surface area is 291 Å². The predicted octanol–water partition coefficient (Wildman–Crippen LogP) is 6.23. The fraction of sp³-hybridized carbons (Fsp3) is 0.282. The summed E-state index contributed by atoms with van der Waals surface area (Å²) in [5.41, 5.74) is 2.96. The zero-order valence-electron chi connectivity index (χ0n) is 28.2. The van der Waals surface area contributed by atoms with Crippen LogP contribution < -0.4 is 9.80 Å². The third-order valence-corrected chi connectivity index (χ3v) is 13.2. The Morgan fingerprint density at radius 1 is 1.02 bits per heavy atom. The summed E-state index contributed by atoms with van der Waals surface area (Å²) in [5, 5.41) is 21.3. The number of anilines is 3. The van der Waals surface area contributed by atoms with Gasteiger partial charge in [0.2, 0.25) is 0 Å². The summed E-state index contributed by atoms with van der Waals surface area (Å²) in [7, 11) is -2.92. The molecule has 0 saturated carbocycles. The van der Waals surface area contributed by atoms with E-state index >= 15 is 0 Å². The van der Waals surface area contributed by atoms with Gasteiger partial charge in [-0.2, -0.15) is 0 Å². The van der Waals surface area contributed by atoms with Crippen molar-refractivity contribution in [3.8, 4) is 0 Å². The molecule has 2 amide bonds. The first kappa shape index (κ1) is 32.3. The van der Waals surface area contributed by atoms with Crippen LogP contribution in [0.25, 0.3) is 10.8 Å². The number of aliphatic hydroxyl groups excluding tert-OH is 1. The Morgan fingerprint density at radius 3 is 2.52 bits per heavy atom. The second-order valence-corrected chi connectivity index (χ2v) is 18.1. The van der Waals surface area contributed by atoms with Gasteiger partial charge < -0.3 is 19.5 Å². The first-order chi connectivity index (χ1) is 24.0. The van der Waals surface area contributed by atoms with Crippen molar-refractivity contribution in [2.75, 3.05) is 16.3 Å². The molecule has 4 heterocycles. The van der Waals surface area contributed by atoms with Crippen LogP contribution in [0.3, 0.4) is 0 Å². The summed E-state index contributed by atoms with van der Waals surface area (Å²) in [6.07, 6.45) is 2.50. The molecule has 1 spiro atoms. The number of fused-ring (bicyclic) bond motifs is 2. The van der Waals surface area contributed by atoms with E-state index < -0.39 is 26.1 Å². The third-order valence-electron chi connectivity index (χ3n) is 10.7. The minimum absolute atomic E-state index is 0.123. The lowest BCUT2D eigenvalue weighted by molar-refractivity contribution is -0.145. The van der Waals surface area contributed by atoms with Crippen molar-refractivity contribution in [2.45, 2.75) is 56.3 Å². The molecule has 1 aromatic heterocycles. The van der Waals surface area contributed by atoms with Crippen molar-refractivity contribution < 1.29 is 24.2 Å². The van der Waals surface area contributed by atoms with Gasteiger partial charge in [0.05, 0.1) is 29.2 Å². The van der Waals surface area contributed by atoms with Gasteiger partial charge >= 0.3 is 0 Å². The second kappa shape index (κ2) is 11.8. The molecule has 50 heavy (non-hydrogen) atoms. The highest BCUT2D eigenvalue weighted by atomic mass is 28.4. The molecule has 0 radical (unpaired) electrons. The van der Waals surface area contributed by atoms with Gasteiger partial charge in [-0.15, -0.1) is 11.7 Å². The first-order valence-electron chi connectivity index (χ1n) is 17.0. The van der Waals surface area contributed by atoms with Crippen LogP contribution in [0.15, 0.2) is 104 Å². The highest BCUT2D eigenvalue weighted by Crippen LogP contribution is 2.60. The Bertz CT molecular complexity index is 2160. The Balaban J connectivity index is 1.16. The molecular formula is C39H39N5O5Si. The number of hydrogen-bond donors (Lipinski definition) is 2. The number of aryl methyl sites for hydroxylation is 1. The zero-order chi connectivity index (χ0) is 34.9. The van der Waals surface area contributed by atoms with E-state index in [2.05, 4.69) is 16.9 Å². The molecule has 3 aliphatic rings. The summed E-state index contributed by atoms with van der Waals surface area (Å²) in [5.74, 6) is -0.700. The smallest absolute Gasteiger partial charge is 0.264 e. The van der Waals surface area contributed by atoms with E-state index in [4.69, 9.17) is 4.74 Å². The standard InChI is InChI=1S/C39H39N5O5Si/c1-5-20-43-31-18-17-27(44-32-16-10-14-25-13-9-15-28(34(25)32)37(44)46)22-29(31)39(38(43)47)24(2)36(50(3,4)48)33(49-39)19-21-42-23-30(40-41-42)35(45)26-11-7-6-8-12-26/h5-18,22-24,33,35-36,45,48H,1,19-21H2,2-4H3/t24-,33+,35+,36-,39+/m0/s1. The Morgan fingerprint density at radius 2 is 1.78 bits per heavy atom. The van der Waals surface area contributed by atoms with Crippen molar-refractivity contribution >= 4 is 48.0 Å². The number of aliphatic hydroxyl groups is 1. The minimum Gasteiger partial charge on any atom is -0.432 e. The lowest BCUT2D eigenvalue weighted by Gasteiger charge is -2.32. The maximum atomic E-state index is 14.7. The van der Waals surface area contributed by atoms with Crippen molar-refractivity contribution in [1.29, 1.82) is 0 Å². The number of aromatic nitrogens is 3. The predicted molar refractivity (Wildman–Crippen MR) is 194 cm³/mol. The van der Waals surface area contributed by atoms with Crippen molar-refractivity contribution in [3.63, 3.8) is 0 Å². The SMILES string of the molecule is C=CCN1C(=O)[C@]2(O[C@H](CCn3cc([C@H](O)c4ccccc4)nn3)[C@@H]([Si](C)(C)O)[C@@H]2C)c2cc(N3C(=O)c4cccc5cccc3c45)ccc21. The summed E-state index contributed by atoms with van der Waals surface area (Å²) >= 11 is 0. The maximum absolute atomic E-state index is 14.7. The maximum Gasteiger partial charge on any atom is 0.264 e. The number of nitrogens with zero attached hydrogens (tertiary/aromatic N) is 5. The van der Waals surface area contributed by atoms with E-state index in [1.807, 2.05) is 105 Å². The van der Waals surface area contributed by atoms with E-state index in [0.717, 1.165) is 22.0 Å². The summed E-state index contributed by atoms with van der Waals surface area (Å²) in [6, 6.07) is 26.6. The number of rotatable bonds is 9. The van der Waals surface area contributed by atoms with Crippen LogP contribution in [0.5, 0.6) is 0 Å². The fourth-order valence-corrected chi connectivity index (χ4v) is 11.2. The van der Waals surface area contributed by atoms with Crippen LogP contribution in [0.1, 0.15) is 46.6 Å². The highest BCUT2D eigenvalue weighted by Gasteiger charge is 2.66. The van der Waals surface area contributed by atoms with Gasteiger partial charge in [-0.1, -0.05) is 72.8 Å². The molecule has 3 aliphatic heterocycles. The molecular weight excluding hydrogens is 647 g/mol. The monoisotopic (exact) mass is 685 g/mol. The van der Waals surface area contributed by atoms with Crippen LogP contribution in [0.2, 0.25) is 18.6 Å². The molecule has 0 aliphatic carbocycles. The average Bonchev–Trinajstić information content (AvgIpc) is 3.84. The summed E-state index contributed by atoms with van der Waals surface area (Å²) in [4.78, 5) is 43.8. The number of benzene rings is 4. The van der Waals surface area contributed by atoms with Crippen LogP contribution in [0.4, 0.5) is 17.1 Å². The van der Waals surface area contributed by atoms with E-state index in [0.29, 0.717) is 41.2 Å². The van der Waals surface area contributed by atoms with Crippen LogP contribution >= 0.6 is 0 Å². The molecule has 1 saturated heterocycles. The molecule has 254 valence electrons. The van der Waals surface area contributed by atoms with Crippen molar-refractivity contribution in [2.24, 2.45) is 5.92 Å². The average molecular weight is 686 g/mol. The van der Waals surface area contributed by atoms with E-state index in [1.54, 1.807) is 26.8 Å². The summed E-state index contributed by atoms with van der Waals surface area (Å²) < 4.78 is 8.69. The minimum atomic E-state index is -2.92. The molecule has 10 nitrogen and oxygen atoms in total. The molecule has 11 heteroatoms. The van der Waals surface area contributed by atoms with Crippen molar-refractivity contribution in [1.82, 2.24) is 15.0 Å². The van der Waals surface area contributed by atoms with Gasteiger partial charge in [0.1, 0.15) is 11.8 Å². The molecule has 5 atom stereocenters. The number of ether oxygens (including phenoxy) is 1. The van der Waals surface area contributed by atoms with Crippen molar-refractivity contribution in [3.05, 3.63) is 126 Å². The Hall–Kier alpha value is -4.94. The van der Waals surface area contributed by atoms with Gasteiger partial charge in [-0.05, 0) is 60.8 Å². The molecule has 8 rings (SSSR count). The number of carbonyl (C=O) groups is 2. The molecule has 4 aromatic carbocycles. The molecule has 2 N–H and O–H groups in total. The number of carbonyl (C=O) groups excluding carboxylic acids is 2. The van der Waals surface area contributed by atoms with Gasteiger partial charge in [-0.25, -0.2) is 0 Å². The normalized spacial score (nSPS) is 23.3. The lowest BCUT2D eigenvalue weighted by atomic mass is 9.82. The second-order valence-electron chi connectivity index (χ2n) is 14.1. The molecule has 0 bridgehead atoms. The number of amides is 2. The topological polar surface area (TPSA) is 121 Å². The zero-order valence-corrected chi connectivity index (χ0v) is 29.2. The summed E-state index contributed by atoms with van der Waals surface area (Å²) in [6.45, 7) is 10.4. The van der Waals surface area contributed by atoms with Crippen LogP contribution in [-0.2, 0) is 21.7 Å². The van der Waals surface area contributed by atoms with Gasteiger partial charge in [0, 0.05) is 41.2 Å². The molecule has 0 unspecified atom stereocenters. The molecule has 1 fully saturated rings. The van der Waals surface area contributed by atoms with Gasteiger partial charge in [0.15, 0.2) is 13.9 Å². The number of hydrogen-bond acceptors (Lipinski definition) is 7. The van der Waals surface area contributed by atoms with E-state index in [9.17, 15) is 19.5 Å². The van der Waals surface area contributed by atoms with Gasteiger partial charge in [0.25, 0.3) is 11.8 Å². The first-order valence-corrected chi connectivity index (χ1v) is 20.0. The van der Waals surface area contributed by atoms with Gasteiger partial charge in [-0.3, -0.25) is 19.2 Å².